The molecule has 3 heteroatoms. The molecule has 0 saturated carbocycles. The monoisotopic (exact) mass is 218 g/mol. The Bertz CT molecular complexity index is 526. The molecule has 0 atom stereocenters. The maximum Gasteiger partial charge on any atom is 0.106 e. The number of nitrogens with two attached hydrogens (primary N) is 1. The number of thiocarbonyl (C=S) groups is 1. The third kappa shape index (κ3) is 1.63. The fraction of sp³-hybridized carbons (Fsp3) is 0.250. The average molecular weight is 218 g/mol. The molecule has 0 fully saturated rings. The van der Waals surface area contributed by atoms with Gasteiger partial charge in [-0.05, 0) is 25.5 Å². The highest BCUT2D eigenvalue weighted by Crippen LogP contribution is 2.22. The molecule has 1 aromatic heterocycles. The summed E-state index contributed by atoms with van der Waals surface area (Å²) in [7, 11) is 0. The molecule has 0 amide bonds. The minimum Gasteiger partial charge on any atom is -0.389 e. The second-order valence-corrected chi connectivity index (χ2v) is 4.15. The van der Waals surface area contributed by atoms with Gasteiger partial charge in [-0.25, -0.2) is 0 Å². The molecule has 15 heavy (non-hydrogen) atoms. The van der Waals surface area contributed by atoms with Gasteiger partial charge < -0.3 is 10.3 Å². The van der Waals surface area contributed by atoms with E-state index in [0.717, 1.165) is 17.5 Å². The summed E-state index contributed by atoms with van der Waals surface area (Å²) in [4.78, 5) is 0.469. The van der Waals surface area contributed by atoms with Crippen molar-refractivity contribution in [1.82, 2.24) is 4.57 Å². The molecular formula is C12H14N2S. The summed E-state index contributed by atoms with van der Waals surface area (Å²) in [5, 5.41) is 1.15. The Labute approximate surface area is 94.7 Å². The Balaban J connectivity index is 2.81. The summed E-state index contributed by atoms with van der Waals surface area (Å²) in [5.41, 5.74) is 9.14. The number of aryl methyl sites for hydroxylation is 2. The zero-order chi connectivity index (χ0) is 11.0. The molecule has 1 heterocycles. The third-order valence-electron chi connectivity index (χ3n) is 2.64. The quantitative estimate of drug-likeness (QED) is 0.785. The largest absolute Gasteiger partial charge is 0.389 e. The molecule has 0 aliphatic carbocycles. The predicted molar refractivity (Wildman–Crippen MR) is 68.2 cm³/mol. The van der Waals surface area contributed by atoms with Crippen LogP contribution in [0.15, 0.2) is 24.4 Å². The number of fused-ring (bicyclic) bond motifs is 1. The fourth-order valence-corrected chi connectivity index (χ4v) is 2.02. The Morgan fingerprint density at radius 1 is 1.47 bits per heavy atom. The van der Waals surface area contributed by atoms with Crippen molar-refractivity contribution < 1.29 is 0 Å². The highest BCUT2D eigenvalue weighted by Gasteiger charge is 2.09. The van der Waals surface area contributed by atoms with Crippen molar-refractivity contribution >= 4 is 28.1 Å². The lowest BCUT2D eigenvalue weighted by atomic mass is 10.1. The number of aromatic nitrogens is 1. The van der Waals surface area contributed by atoms with Gasteiger partial charge in [-0.2, -0.15) is 0 Å². The van der Waals surface area contributed by atoms with Gasteiger partial charge in [0, 0.05) is 29.2 Å². The molecule has 0 unspecified atom stereocenters. The van der Waals surface area contributed by atoms with Crippen LogP contribution in [0.25, 0.3) is 10.9 Å². The molecule has 1 aromatic carbocycles. The van der Waals surface area contributed by atoms with Crippen LogP contribution in [0.5, 0.6) is 0 Å². The predicted octanol–water partition coefficient (Wildman–Crippen LogP) is 2.60. The minimum atomic E-state index is 0.469. The van der Waals surface area contributed by atoms with Crippen molar-refractivity contribution in [3.63, 3.8) is 0 Å². The van der Waals surface area contributed by atoms with Crippen LogP contribution in [0.2, 0.25) is 0 Å². The van der Waals surface area contributed by atoms with E-state index in [1.54, 1.807) is 0 Å². The number of rotatable bonds is 2. The van der Waals surface area contributed by atoms with E-state index in [9.17, 15) is 0 Å². The second-order valence-electron chi connectivity index (χ2n) is 3.71. The van der Waals surface area contributed by atoms with Crippen molar-refractivity contribution in [3.05, 3.63) is 35.5 Å². The Kier molecular flexibility index (Phi) is 2.49. The van der Waals surface area contributed by atoms with Crippen molar-refractivity contribution in [2.45, 2.75) is 20.4 Å². The molecule has 0 radical (unpaired) electrons. The first kappa shape index (κ1) is 10.2. The molecule has 2 aromatic rings. The van der Waals surface area contributed by atoms with Gasteiger partial charge in [0.25, 0.3) is 0 Å². The second kappa shape index (κ2) is 3.66. The summed E-state index contributed by atoms with van der Waals surface area (Å²) < 4.78 is 2.18. The van der Waals surface area contributed by atoms with Crippen LogP contribution in [0.1, 0.15) is 18.1 Å². The van der Waals surface area contributed by atoms with Gasteiger partial charge >= 0.3 is 0 Å². The maximum atomic E-state index is 5.70. The van der Waals surface area contributed by atoms with E-state index < -0.39 is 0 Å². The van der Waals surface area contributed by atoms with Crippen LogP contribution in [0.4, 0.5) is 0 Å². The zero-order valence-corrected chi connectivity index (χ0v) is 9.77. The van der Waals surface area contributed by atoms with E-state index in [0.29, 0.717) is 4.99 Å². The van der Waals surface area contributed by atoms with E-state index in [2.05, 4.69) is 36.6 Å². The standard InChI is InChI=1S/C12H14N2S/c1-3-14-7-10(12(13)15)9-5-4-8(2)6-11(9)14/h4-7H,3H2,1-2H3,(H2,13,15). The highest BCUT2D eigenvalue weighted by atomic mass is 32.1. The van der Waals surface area contributed by atoms with Gasteiger partial charge in [0.15, 0.2) is 0 Å². The van der Waals surface area contributed by atoms with E-state index in [1.807, 2.05) is 6.20 Å². The van der Waals surface area contributed by atoms with Crippen molar-refractivity contribution in [1.29, 1.82) is 0 Å². The smallest absolute Gasteiger partial charge is 0.106 e. The SMILES string of the molecule is CCn1cc(C(N)=S)c2ccc(C)cc21. The summed E-state index contributed by atoms with van der Waals surface area (Å²) in [5.74, 6) is 0. The first-order valence-corrected chi connectivity index (χ1v) is 5.43. The summed E-state index contributed by atoms with van der Waals surface area (Å²) in [6.07, 6.45) is 2.03. The van der Waals surface area contributed by atoms with Crippen LogP contribution < -0.4 is 5.73 Å². The molecule has 2 N–H and O–H groups in total. The third-order valence-corrected chi connectivity index (χ3v) is 2.86. The molecule has 0 aliphatic heterocycles. The van der Waals surface area contributed by atoms with Crippen molar-refractivity contribution in [2.75, 3.05) is 0 Å². The van der Waals surface area contributed by atoms with Crippen LogP contribution >= 0.6 is 12.2 Å². The Hall–Kier alpha value is -1.35. The molecule has 0 saturated heterocycles. The Morgan fingerprint density at radius 3 is 2.80 bits per heavy atom. The van der Waals surface area contributed by atoms with Crippen LogP contribution in [-0.2, 0) is 6.54 Å². The van der Waals surface area contributed by atoms with Gasteiger partial charge in [0.05, 0.1) is 0 Å². The maximum absolute atomic E-state index is 5.70. The zero-order valence-electron chi connectivity index (χ0n) is 8.95. The number of hydrogen-bond acceptors (Lipinski definition) is 1. The average Bonchev–Trinajstić information content (AvgIpc) is 2.55. The lowest BCUT2D eigenvalue weighted by molar-refractivity contribution is 0.797. The first-order chi connectivity index (χ1) is 7.13. The number of nitrogens with zero attached hydrogens (tertiary/aromatic N) is 1. The van der Waals surface area contributed by atoms with E-state index >= 15 is 0 Å². The van der Waals surface area contributed by atoms with Gasteiger partial charge in [-0.1, -0.05) is 24.4 Å². The summed E-state index contributed by atoms with van der Waals surface area (Å²) in [6.45, 7) is 5.14. The normalized spacial score (nSPS) is 10.8. The van der Waals surface area contributed by atoms with Crippen molar-refractivity contribution in [2.24, 2.45) is 5.73 Å². The number of benzene rings is 1. The van der Waals surface area contributed by atoms with Gasteiger partial charge in [0.2, 0.25) is 0 Å². The van der Waals surface area contributed by atoms with E-state index in [4.69, 9.17) is 18.0 Å². The molecule has 2 rings (SSSR count). The molecule has 78 valence electrons. The Morgan fingerprint density at radius 2 is 2.20 bits per heavy atom. The summed E-state index contributed by atoms with van der Waals surface area (Å²) in [6, 6.07) is 6.34. The lowest BCUT2D eigenvalue weighted by Gasteiger charge is -2.00. The molecule has 2 nitrogen and oxygen atoms in total. The molecule has 0 spiro atoms. The molecule has 0 aliphatic rings. The van der Waals surface area contributed by atoms with Gasteiger partial charge in [-0.3, -0.25) is 0 Å². The van der Waals surface area contributed by atoms with E-state index in [-0.39, 0.29) is 0 Å². The first-order valence-electron chi connectivity index (χ1n) is 5.02. The minimum absolute atomic E-state index is 0.469. The highest BCUT2D eigenvalue weighted by molar-refractivity contribution is 7.80. The number of hydrogen-bond donors (Lipinski definition) is 1. The molecule has 0 bridgehead atoms. The fourth-order valence-electron chi connectivity index (χ4n) is 1.86. The van der Waals surface area contributed by atoms with Crippen LogP contribution in [0, 0.1) is 6.92 Å². The van der Waals surface area contributed by atoms with E-state index in [1.165, 1.54) is 11.1 Å². The summed E-state index contributed by atoms with van der Waals surface area (Å²) >= 11 is 5.05. The van der Waals surface area contributed by atoms with Gasteiger partial charge in [0.1, 0.15) is 4.99 Å². The van der Waals surface area contributed by atoms with Crippen molar-refractivity contribution in [3.8, 4) is 0 Å². The van der Waals surface area contributed by atoms with Crippen LogP contribution in [-0.4, -0.2) is 9.56 Å². The topological polar surface area (TPSA) is 30.9 Å². The molecular weight excluding hydrogens is 204 g/mol. The van der Waals surface area contributed by atoms with Crippen LogP contribution in [0.3, 0.4) is 0 Å². The lowest BCUT2D eigenvalue weighted by Crippen LogP contribution is -2.08. The van der Waals surface area contributed by atoms with Gasteiger partial charge in [-0.15, -0.1) is 0 Å².